The number of benzene rings is 1. The van der Waals surface area contributed by atoms with E-state index in [1.165, 1.54) is 11.0 Å². The highest BCUT2D eigenvalue weighted by atomic mass is 19.1. The lowest BCUT2D eigenvalue weighted by atomic mass is 10.1. The Morgan fingerprint density at radius 3 is 2.82 bits per heavy atom. The third kappa shape index (κ3) is 3.11. The van der Waals surface area contributed by atoms with E-state index in [1.54, 1.807) is 18.2 Å². The number of carbonyl (C=O) groups excluding carboxylic acids is 2. The first-order valence-electron chi connectivity index (χ1n) is 7.64. The van der Waals surface area contributed by atoms with Crippen molar-refractivity contribution in [2.24, 2.45) is 17.6 Å². The van der Waals surface area contributed by atoms with Gasteiger partial charge in [-0.3, -0.25) is 9.59 Å². The minimum Gasteiger partial charge on any atom is -0.354 e. The predicted molar refractivity (Wildman–Crippen MR) is 80.6 cm³/mol. The van der Waals surface area contributed by atoms with Gasteiger partial charge in [0.05, 0.1) is 11.6 Å². The molecule has 0 radical (unpaired) electrons. The highest BCUT2D eigenvalue weighted by Gasteiger charge is 2.36. The van der Waals surface area contributed by atoms with Gasteiger partial charge in [-0.2, -0.15) is 0 Å². The van der Waals surface area contributed by atoms with Crippen LogP contribution in [0.2, 0.25) is 0 Å². The number of para-hydroxylation sites is 1. The van der Waals surface area contributed by atoms with Crippen LogP contribution in [-0.4, -0.2) is 30.9 Å². The van der Waals surface area contributed by atoms with Crippen LogP contribution in [0.25, 0.3) is 0 Å². The van der Waals surface area contributed by atoms with Crippen molar-refractivity contribution in [3.05, 3.63) is 30.1 Å². The largest absolute Gasteiger partial charge is 0.354 e. The maximum atomic E-state index is 13.8. The van der Waals surface area contributed by atoms with E-state index in [1.807, 2.05) is 0 Å². The highest BCUT2D eigenvalue weighted by molar-refractivity contribution is 6.00. The fourth-order valence-electron chi connectivity index (χ4n) is 2.84. The summed E-state index contributed by atoms with van der Waals surface area (Å²) in [6, 6.07) is 6.10. The molecule has 1 aliphatic carbocycles. The van der Waals surface area contributed by atoms with E-state index in [-0.39, 0.29) is 36.5 Å². The Hall–Kier alpha value is -1.95. The van der Waals surface area contributed by atoms with Crippen LogP contribution in [0, 0.1) is 17.7 Å². The molecule has 2 aliphatic rings. The summed E-state index contributed by atoms with van der Waals surface area (Å²) in [5.41, 5.74) is 6.18. The Bertz CT molecular complexity index is 589. The highest BCUT2D eigenvalue weighted by Crippen LogP contribution is 2.31. The number of halogens is 1. The van der Waals surface area contributed by atoms with Gasteiger partial charge in [0.2, 0.25) is 11.8 Å². The fraction of sp³-hybridized carbons (Fsp3) is 0.500. The molecule has 2 fully saturated rings. The third-order valence-corrected chi connectivity index (χ3v) is 4.38. The fourth-order valence-corrected chi connectivity index (χ4v) is 2.84. The summed E-state index contributed by atoms with van der Waals surface area (Å²) in [6.45, 7) is 0.651. The predicted octanol–water partition coefficient (Wildman–Crippen LogP) is 1.03. The van der Waals surface area contributed by atoms with Crippen LogP contribution in [-0.2, 0) is 9.59 Å². The van der Waals surface area contributed by atoms with Gasteiger partial charge in [-0.1, -0.05) is 12.1 Å². The molecule has 118 valence electrons. The zero-order valence-corrected chi connectivity index (χ0v) is 12.3. The van der Waals surface area contributed by atoms with E-state index in [2.05, 4.69) is 5.32 Å². The minimum atomic E-state index is -0.451. The molecule has 3 rings (SSSR count). The lowest BCUT2D eigenvalue weighted by Crippen LogP contribution is -2.41. The number of hydrogen-bond donors (Lipinski definition) is 2. The molecule has 2 atom stereocenters. The van der Waals surface area contributed by atoms with E-state index in [0.29, 0.717) is 12.5 Å². The van der Waals surface area contributed by atoms with Crippen molar-refractivity contribution >= 4 is 17.5 Å². The van der Waals surface area contributed by atoms with Gasteiger partial charge in [-0.05, 0) is 30.9 Å². The van der Waals surface area contributed by atoms with Crippen LogP contribution in [0.5, 0.6) is 0 Å². The first-order valence-corrected chi connectivity index (χ1v) is 7.64. The van der Waals surface area contributed by atoms with Crippen molar-refractivity contribution in [2.45, 2.75) is 25.3 Å². The summed E-state index contributed by atoms with van der Waals surface area (Å²) in [4.78, 5) is 25.6. The number of anilines is 1. The number of rotatable bonds is 5. The van der Waals surface area contributed by atoms with Crippen LogP contribution in [0.3, 0.4) is 0 Å². The summed E-state index contributed by atoms with van der Waals surface area (Å²) in [6.07, 6.45) is 2.36. The maximum absolute atomic E-state index is 13.8. The van der Waals surface area contributed by atoms with Gasteiger partial charge in [0, 0.05) is 25.6 Å². The lowest BCUT2D eigenvalue weighted by molar-refractivity contribution is -0.126. The lowest BCUT2D eigenvalue weighted by Gasteiger charge is -2.18. The van der Waals surface area contributed by atoms with E-state index in [9.17, 15) is 14.0 Å². The van der Waals surface area contributed by atoms with Crippen LogP contribution < -0.4 is 16.0 Å². The van der Waals surface area contributed by atoms with Gasteiger partial charge >= 0.3 is 0 Å². The normalized spacial score (nSPS) is 22.7. The quantitative estimate of drug-likeness (QED) is 0.853. The van der Waals surface area contributed by atoms with Gasteiger partial charge in [-0.15, -0.1) is 0 Å². The molecule has 1 saturated heterocycles. The first-order chi connectivity index (χ1) is 10.6. The number of amides is 2. The maximum Gasteiger partial charge on any atom is 0.227 e. The second-order valence-electron chi connectivity index (χ2n) is 6.10. The van der Waals surface area contributed by atoms with Crippen LogP contribution >= 0.6 is 0 Å². The molecule has 3 N–H and O–H groups in total. The van der Waals surface area contributed by atoms with Gasteiger partial charge in [0.1, 0.15) is 5.82 Å². The summed E-state index contributed by atoms with van der Waals surface area (Å²) < 4.78 is 13.8. The molecule has 0 aromatic heterocycles. The monoisotopic (exact) mass is 305 g/mol. The van der Waals surface area contributed by atoms with Gasteiger partial charge in [0.25, 0.3) is 0 Å². The van der Waals surface area contributed by atoms with Crippen LogP contribution in [0.1, 0.15) is 19.3 Å². The van der Waals surface area contributed by atoms with Crippen molar-refractivity contribution < 1.29 is 14.0 Å². The van der Waals surface area contributed by atoms with E-state index in [4.69, 9.17) is 5.73 Å². The van der Waals surface area contributed by atoms with Crippen molar-refractivity contribution in [3.8, 4) is 0 Å². The Kier molecular flexibility index (Phi) is 4.11. The molecular weight excluding hydrogens is 285 g/mol. The molecule has 0 bridgehead atoms. The minimum absolute atomic E-state index is 0.0104. The number of nitrogens with zero attached hydrogens (tertiary/aromatic N) is 1. The molecular formula is C16H20FN3O2. The summed E-state index contributed by atoms with van der Waals surface area (Å²) in [5.74, 6) is -0.786. The van der Waals surface area contributed by atoms with Gasteiger partial charge in [-0.25, -0.2) is 4.39 Å². The van der Waals surface area contributed by atoms with Gasteiger partial charge < -0.3 is 16.0 Å². The standard InChI is InChI=1S/C16H20FN3O2/c17-12-3-1-2-4-14(12)20-9-11(7-15(20)21)16(22)19-8-13(18)10-5-6-10/h1-4,10-11,13H,5-9,18H2,(H,19,22). The Labute approximate surface area is 128 Å². The molecule has 1 aromatic rings. The molecule has 1 saturated carbocycles. The van der Waals surface area contributed by atoms with Crippen molar-refractivity contribution in [1.29, 1.82) is 0 Å². The number of hydrogen-bond acceptors (Lipinski definition) is 3. The second kappa shape index (κ2) is 6.04. The van der Waals surface area contributed by atoms with Crippen molar-refractivity contribution in [2.75, 3.05) is 18.0 Å². The molecule has 2 unspecified atom stereocenters. The summed E-state index contributed by atoms with van der Waals surface area (Å²) >= 11 is 0. The average Bonchev–Trinajstić information content (AvgIpc) is 3.28. The smallest absolute Gasteiger partial charge is 0.227 e. The molecule has 1 aromatic carbocycles. The van der Waals surface area contributed by atoms with Crippen molar-refractivity contribution in [3.63, 3.8) is 0 Å². The summed E-state index contributed by atoms with van der Waals surface area (Å²) in [7, 11) is 0. The van der Waals surface area contributed by atoms with E-state index >= 15 is 0 Å². The summed E-state index contributed by atoms with van der Waals surface area (Å²) in [5, 5.41) is 2.82. The van der Waals surface area contributed by atoms with E-state index in [0.717, 1.165) is 12.8 Å². The second-order valence-corrected chi connectivity index (χ2v) is 6.10. The van der Waals surface area contributed by atoms with Crippen molar-refractivity contribution in [1.82, 2.24) is 5.32 Å². The van der Waals surface area contributed by atoms with Crippen LogP contribution in [0.15, 0.2) is 24.3 Å². The Balaban J connectivity index is 1.59. The van der Waals surface area contributed by atoms with E-state index < -0.39 is 11.7 Å². The molecule has 5 nitrogen and oxygen atoms in total. The SMILES string of the molecule is NC(CNC(=O)C1CC(=O)N(c2ccccc2F)C1)C1CC1. The Morgan fingerprint density at radius 1 is 1.41 bits per heavy atom. The Morgan fingerprint density at radius 2 is 2.14 bits per heavy atom. The molecule has 6 heteroatoms. The zero-order chi connectivity index (χ0) is 15.7. The molecule has 1 aliphatic heterocycles. The molecule has 22 heavy (non-hydrogen) atoms. The number of nitrogens with two attached hydrogens (primary N) is 1. The molecule has 2 amide bonds. The number of carbonyl (C=O) groups is 2. The number of nitrogens with one attached hydrogen (secondary N) is 1. The van der Waals surface area contributed by atoms with Gasteiger partial charge in [0.15, 0.2) is 0 Å². The average molecular weight is 305 g/mol. The molecule has 0 spiro atoms. The molecule has 1 heterocycles. The van der Waals surface area contributed by atoms with Crippen LogP contribution in [0.4, 0.5) is 10.1 Å². The zero-order valence-electron chi connectivity index (χ0n) is 12.3. The topological polar surface area (TPSA) is 75.4 Å². The first kappa shape index (κ1) is 15.0. The third-order valence-electron chi connectivity index (χ3n) is 4.38.